The summed E-state index contributed by atoms with van der Waals surface area (Å²) in [4.78, 5) is 11.1. The van der Waals surface area contributed by atoms with Gasteiger partial charge < -0.3 is 15.2 Å². The molecule has 0 aliphatic heterocycles. The van der Waals surface area contributed by atoms with Crippen molar-refractivity contribution in [1.29, 1.82) is 0 Å². The van der Waals surface area contributed by atoms with Crippen LogP contribution in [-0.2, 0) is 9.53 Å². The SMILES string of the molecule is CCNC(C)(CCOC(C)CC(C)C)C(=O)O. The van der Waals surface area contributed by atoms with E-state index < -0.39 is 11.5 Å². The molecule has 0 amide bonds. The van der Waals surface area contributed by atoms with Crippen LogP contribution in [0.15, 0.2) is 0 Å². The second kappa shape index (κ2) is 7.67. The average molecular weight is 245 g/mol. The minimum absolute atomic E-state index is 0.190. The van der Waals surface area contributed by atoms with Crippen LogP contribution in [0.4, 0.5) is 0 Å². The van der Waals surface area contributed by atoms with Gasteiger partial charge in [0.25, 0.3) is 0 Å². The van der Waals surface area contributed by atoms with Crippen LogP contribution in [-0.4, -0.2) is 35.9 Å². The van der Waals surface area contributed by atoms with Gasteiger partial charge in [0.05, 0.1) is 6.10 Å². The van der Waals surface area contributed by atoms with Crippen LogP contribution in [0, 0.1) is 5.92 Å². The average Bonchev–Trinajstić information content (AvgIpc) is 2.16. The molecule has 0 saturated carbocycles. The second-order valence-corrected chi connectivity index (χ2v) is 5.23. The lowest BCUT2D eigenvalue weighted by atomic mass is 9.98. The number of hydrogen-bond donors (Lipinski definition) is 2. The van der Waals surface area contributed by atoms with E-state index in [9.17, 15) is 4.79 Å². The Bertz CT molecular complexity index is 231. The fourth-order valence-electron chi connectivity index (χ4n) is 1.86. The first-order valence-corrected chi connectivity index (χ1v) is 6.41. The van der Waals surface area contributed by atoms with Gasteiger partial charge in [-0.3, -0.25) is 4.79 Å². The van der Waals surface area contributed by atoms with Gasteiger partial charge in [0.15, 0.2) is 0 Å². The molecule has 0 aromatic heterocycles. The summed E-state index contributed by atoms with van der Waals surface area (Å²) in [5.41, 5.74) is -0.883. The van der Waals surface area contributed by atoms with Crippen molar-refractivity contribution in [3.05, 3.63) is 0 Å². The van der Waals surface area contributed by atoms with Gasteiger partial charge in [-0.2, -0.15) is 0 Å². The molecule has 0 aliphatic carbocycles. The van der Waals surface area contributed by atoms with E-state index in [1.807, 2.05) is 13.8 Å². The normalized spacial score (nSPS) is 16.8. The summed E-state index contributed by atoms with van der Waals surface area (Å²) < 4.78 is 5.64. The lowest BCUT2D eigenvalue weighted by molar-refractivity contribution is -0.145. The van der Waals surface area contributed by atoms with E-state index in [-0.39, 0.29) is 6.10 Å². The first-order valence-electron chi connectivity index (χ1n) is 6.41. The number of likely N-dealkylation sites (N-methyl/N-ethyl adjacent to an activating group) is 1. The van der Waals surface area contributed by atoms with Crippen molar-refractivity contribution in [2.45, 2.75) is 59.1 Å². The van der Waals surface area contributed by atoms with E-state index in [1.54, 1.807) is 6.92 Å². The molecule has 4 heteroatoms. The molecule has 2 unspecified atom stereocenters. The highest BCUT2D eigenvalue weighted by Crippen LogP contribution is 2.13. The third-order valence-electron chi connectivity index (χ3n) is 2.85. The summed E-state index contributed by atoms with van der Waals surface area (Å²) in [7, 11) is 0. The molecular formula is C13H27NO3. The summed E-state index contributed by atoms with van der Waals surface area (Å²) in [6, 6.07) is 0. The van der Waals surface area contributed by atoms with Crippen LogP contribution >= 0.6 is 0 Å². The third-order valence-corrected chi connectivity index (χ3v) is 2.85. The second-order valence-electron chi connectivity index (χ2n) is 5.23. The van der Waals surface area contributed by atoms with Crippen LogP contribution in [0.25, 0.3) is 0 Å². The van der Waals surface area contributed by atoms with Crippen LogP contribution < -0.4 is 5.32 Å². The first kappa shape index (κ1) is 16.4. The minimum atomic E-state index is -0.883. The number of nitrogens with one attached hydrogen (secondary N) is 1. The molecule has 0 bridgehead atoms. The molecule has 0 fully saturated rings. The zero-order chi connectivity index (χ0) is 13.5. The summed E-state index contributed by atoms with van der Waals surface area (Å²) >= 11 is 0. The van der Waals surface area contributed by atoms with Crippen molar-refractivity contribution in [1.82, 2.24) is 5.32 Å². The fraction of sp³-hybridized carbons (Fsp3) is 0.923. The van der Waals surface area contributed by atoms with Crippen molar-refractivity contribution in [2.24, 2.45) is 5.92 Å². The van der Waals surface area contributed by atoms with E-state index in [1.165, 1.54) is 0 Å². The van der Waals surface area contributed by atoms with Gasteiger partial charge in [-0.25, -0.2) is 0 Å². The van der Waals surface area contributed by atoms with Crippen molar-refractivity contribution >= 4 is 5.97 Å². The molecule has 2 N–H and O–H groups in total. The Morgan fingerprint density at radius 2 is 2.00 bits per heavy atom. The number of rotatable bonds is 9. The number of hydrogen-bond acceptors (Lipinski definition) is 3. The summed E-state index contributed by atoms with van der Waals surface area (Å²) in [6.45, 7) is 11.1. The van der Waals surface area contributed by atoms with Gasteiger partial charge in [-0.1, -0.05) is 20.8 Å². The molecule has 0 spiro atoms. The predicted molar refractivity (Wildman–Crippen MR) is 69.2 cm³/mol. The number of aliphatic carboxylic acids is 1. The molecule has 2 atom stereocenters. The molecule has 0 rings (SSSR count). The number of ether oxygens (including phenoxy) is 1. The van der Waals surface area contributed by atoms with E-state index in [0.717, 1.165) is 6.42 Å². The Labute approximate surface area is 105 Å². The lowest BCUT2D eigenvalue weighted by Gasteiger charge is -2.26. The molecule has 0 saturated heterocycles. The summed E-state index contributed by atoms with van der Waals surface area (Å²) in [5.74, 6) is -0.218. The maximum absolute atomic E-state index is 11.1. The Balaban J connectivity index is 4.02. The first-order chi connectivity index (χ1) is 7.81. The maximum atomic E-state index is 11.1. The Kier molecular flexibility index (Phi) is 7.39. The zero-order valence-corrected chi connectivity index (χ0v) is 11.7. The summed E-state index contributed by atoms with van der Waals surface area (Å²) in [5, 5.41) is 12.1. The van der Waals surface area contributed by atoms with Gasteiger partial charge in [-0.15, -0.1) is 0 Å². The van der Waals surface area contributed by atoms with Gasteiger partial charge in [0.2, 0.25) is 0 Å². The zero-order valence-electron chi connectivity index (χ0n) is 11.7. The molecule has 0 heterocycles. The topological polar surface area (TPSA) is 58.6 Å². The van der Waals surface area contributed by atoms with Gasteiger partial charge >= 0.3 is 5.97 Å². The molecular weight excluding hydrogens is 218 g/mol. The van der Waals surface area contributed by atoms with Gasteiger partial charge in [-0.05, 0) is 39.2 Å². The molecule has 0 aliphatic rings. The van der Waals surface area contributed by atoms with E-state index in [2.05, 4.69) is 19.2 Å². The fourth-order valence-corrected chi connectivity index (χ4v) is 1.86. The molecule has 17 heavy (non-hydrogen) atoms. The molecule has 102 valence electrons. The monoisotopic (exact) mass is 245 g/mol. The highest BCUT2D eigenvalue weighted by atomic mass is 16.5. The maximum Gasteiger partial charge on any atom is 0.323 e. The Morgan fingerprint density at radius 3 is 2.41 bits per heavy atom. The molecule has 0 aromatic rings. The van der Waals surface area contributed by atoms with Crippen LogP contribution in [0.1, 0.15) is 47.5 Å². The number of carboxylic acids is 1. The van der Waals surface area contributed by atoms with E-state index in [0.29, 0.717) is 25.5 Å². The van der Waals surface area contributed by atoms with E-state index >= 15 is 0 Å². The van der Waals surface area contributed by atoms with Crippen LogP contribution in [0.5, 0.6) is 0 Å². The van der Waals surface area contributed by atoms with Crippen molar-refractivity contribution < 1.29 is 14.6 Å². The highest BCUT2D eigenvalue weighted by Gasteiger charge is 2.31. The van der Waals surface area contributed by atoms with Gasteiger partial charge in [0, 0.05) is 6.61 Å². The van der Waals surface area contributed by atoms with Gasteiger partial charge in [0.1, 0.15) is 5.54 Å². The van der Waals surface area contributed by atoms with Crippen molar-refractivity contribution in [2.75, 3.05) is 13.2 Å². The standard InChI is InChI=1S/C13H27NO3/c1-6-14-13(5,12(15)16)7-8-17-11(4)9-10(2)3/h10-11,14H,6-9H2,1-5H3,(H,15,16). The molecule has 4 nitrogen and oxygen atoms in total. The largest absolute Gasteiger partial charge is 0.480 e. The molecule has 0 aromatic carbocycles. The van der Waals surface area contributed by atoms with Crippen LogP contribution in [0.2, 0.25) is 0 Å². The molecule has 0 radical (unpaired) electrons. The van der Waals surface area contributed by atoms with Crippen molar-refractivity contribution in [3.63, 3.8) is 0 Å². The smallest absolute Gasteiger partial charge is 0.323 e. The summed E-state index contributed by atoms with van der Waals surface area (Å²) in [6.07, 6.45) is 1.68. The third kappa shape index (κ3) is 6.64. The Hall–Kier alpha value is -0.610. The Morgan fingerprint density at radius 1 is 1.41 bits per heavy atom. The van der Waals surface area contributed by atoms with Crippen molar-refractivity contribution in [3.8, 4) is 0 Å². The number of carboxylic acid groups (broad SMARTS) is 1. The predicted octanol–water partition coefficient (Wildman–Crippen LogP) is 2.28. The quantitative estimate of drug-likeness (QED) is 0.654. The highest BCUT2D eigenvalue weighted by molar-refractivity contribution is 5.78. The number of carbonyl (C=O) groups is 1. The van der Waals surface area contributed by atoms with Crippen LogP contribution in [0.3, 0.4) is 0 Å². The minimum Gasteiger partial charge on any atom is -0.480 e. The van der Waals surface area contributed by atoms with E-state index in [4.69, 9.17) is 9.84 Å². The lowest BCUT2D eigenvalue weighted by Crippen LogP contribution is -2.50.